The van der Waals surface area contributed by atoms with Crippen LogP contribution in [0.2, 0.25) is 0 Å². The molecule has 8 nitrogen and oxygen atoms in total. The highest BCUT2D eigenvalue weighted by Gasteiger charge is 2.52. The maximum atomic E-state index is 14.1. The number of hydrogen-bond donors (Lipinski definition) is 2. The molecule has 1 fully saturated rings. The molecule has 236 valence electrons. The van der Waals surface area contributed by atoms with Crippen LogP contribution >= 0.6 is 0 Å². The molecule has 3 aromatic carbocycles. The van der Waals surface area contributed by atoms with Crippen LogP contribution in [0.5, 0.6) is 0 Å². The molecule has 1 saturated heterocycles. The monoisotopic (exact) mass is 609 g/mol. The molecular weight excluding hydrogens is 566 g/mol. The predicted octanol–water partition coefficient (Wildman–Crippen LogP) is 5.32. The van der Waals surface area contributed by atoms with Crippen LogP contribution in [-0.2, 0) is 33.1 Å². The highest BCUT2D eigenvalue weighted by molar-refractivity contribution is 6.08. The maximum absolute atomic E-state index is 14.1. The zero-order chi connectivity index (χ0) is 31.8. The molecule has 0 bridgehead atoms. The van der Waals surface area contributed by atoms with Crippen LogP contribution in [0.25, 0.3) is 0 Å². The summed E-state index contributed by atoms with van der Waals surface area (Å²) >= 11 is 0. The first-order valence-corrected chi connectivity index (χ1v) is 15.9. The van der Waals surface area contributed by atoms with E-state index in [2.05, 4.69) is 0 Å². The number of carbonyl (C=O) groups is 3. The van der Waals surface area contributed by atoms with Crippen molar-refractivity contribution in [2.45, 2.75) is 64.1 Å². The topological polar surface area (TPSA) is 101 Å². The van der Waals surface area contributed by atoms with Crippen molar-refractivity contribution in [1.82, 2.24) is 4.90 Å². The lowest BCUT2D eigenvalue weighted by Gasteiger charge is -2.29. The molecule has 2 aliphatic heterocycles. The van der Waals surface area contributed by atoms with Gasteiger partial charge in [-0.15, -0.1) is 0 Å². The molecule has 0 unspecified atom stereocenters. The van der Waals surface area contributed by atoms with Crippen molar-refractivity contribution >= 4 is 29.1 Å². The van der Waals surface area contributed by atoms with Crippen molar-refractivity contribution in [1.29, 1.82) is 0 Å². The Bertz CT molecular complexity index is 1510. The number of anilines is 2. The number of fused-ring (bicyclic) bond motifs is 1. The van der Waals surface area contributed by atoms with E-state index in [1.54, 1.807) is 39.8 Å². The zero-order valence-corrected chi connectivity index (χ0v) is 26.0. The second-order valence-electron chi connectivity index (χ2n) is 12.0. The van der Waals surface area contributed by atoms with Crippen LogP contribution in [-0.4, -0.2) is 52.5 Å². The van der Waals surface area contributed by atoms with E-state index in [0.29, 0.717) is 43.0 Å². The van der Waals surface area contributed by atoms with Crippen molar-refractivity contribution < 1.29 is 24.6 Å². The number of nitrogens with zero attached hydrogens (tertiary/aromatic N) is 3. The van der Waals surface area contributed by atoms with Gasteiger partial charge in [0.25, 0.3) is 5.91 Å². The Morgan fingerprint density at radius 1 is 0.956 bits per heavy atom. The first-order chi connectivity index (χ1) is 21.8. The number of aliphatic hydroxyl groups is 2. The van der Waals surface area contributed by atoms with E-state index in [1.165, 1.54) is 0 Å². The summed E-state index contributed by atoms with van der Waals surface area (Å²) in [5.41, 5.74) is 1.76. The van der Waals surface area contributed by atoms with Gasteiger partial charge in [-0.25, -0.2) is 0 Å². The number of hydrogen-bond acceptors (Lipinski definition) is 5. The van der Waals surface area contributed by atoms with E-state index in [9.17, 15) is 24.6 Å². The first-order valence-electron chi connectivity index (χ1n) is 15.9. The fraction of sp³-hybridized carbons (Fsp3) is 0.378. The van der Waals surface area contributed by atoms with E-state index in [-0.39, 0.29) is 31.4 Å². The summed E-state index contributed by atoms with van der Waals surface area (Å²) in [6, 6.07) is 24.8. The molecule has 0 spiro atoms. The summed E-state index contributed by atoms with van der Waals surface area (Å²) < 4.78 is 0. The van der Waals surface area contributed by atoms with Crippen molar-refractivity contribution in [2.75, 3.05) is 29.5 Å². The minimum atomic E-state index is -1.89. The van der Waals surface area contributed by atoms with Crippen LogP contribution in [0.15, 0.2) is 91.0 Å². The van der Waals surface area contributed by atoms with Gasteiger partial charge in [0, 0.05) is 49.6 Å². The Hall–Kier alpha value is -4.27. The van der Waals surface area contributed by atoms with Gasteiger partial charge in [0.1, 0.15) is 0 Å². The fourth-order valence-corrected chi connectivity index (χ4v) is 6.32. The molecule has 3 aromatic rings. The molecule has 8 heteroatoms. The minimum absolute atomic E-state index is 0.0537. The lowest BCUT2D eigenvalue weighted by molar-refractivity contribution is -0.139. The molecule has 5 rings (SSSR count). The number of carbonyl (C=O) groups excluding carboxylic acids is 3. The van der Waals surface area contributed by atoms with Crippen LogP contribution < -0.4 is 9.80 Å². The molecule has 2 atom stereocenters. The number of rotatable bonds is 11. The van der Waals surface area contributed by atoms with E-state index in [4.69, 9.17) is 0 Å². The Balaban J connectivity index is 1.41. The molecular formula is C37H43N3O5. The van der Waals surface area contributed by atoms with E-state index in [0.717, 1.165) is 36.8 Å². The smallest absolute Gasteiger partial charge is 0.264 e. The number of benzene rings is 3. The highest BCUT2D eigenvalue weighted by atomic mass is 16.3. The van der Waals surface area contributed by atoms with Gasteiger partial charge in [-0.05, 0) is 42.2 Å². The van der Waals surface area contributed by atoms with Crippen LogP contribution in [0.3, 0.4) is 0 Å². The lowest BCUT2D eigenvalue weighted by Crippen LogP contribution is -2.44. The molecule has 2 N–H and O–H groups in total. The average Bonchev–Trinajstić information content (AvgIpc) is 3.25. The summed E-state index contributed by atoms with van der Waals surface area (Å²) in [5, 5.41) is 21.9. The summed E-state index contributed by atoms with van der Waals surface area (Å²) in [5.74, 6) is -1.22. The predicted molar refractivity (Wildman–Crippen MR) is 175 cm³/mol. The summed E-state index contributed by atoms with van der Waals surface area (Å²) in [6.45, 7) is 3.11. The normalized spacial score (nSPS) is 19.4. The van der Waals surface area contributed by atoms with Gasteiger partial charge < -0.3 is 24.9 Å². The largest absolute Gasteiger partial charge is 0.395 e. The van der Waals surface area contributed by atoms with Crippen LogP contribution in [0.4, 0.5) is 11.4 Å². The quantitative estimate of drug-likeness (QED) is 0.287. The molecule has 0 radical (unpaired) electrons. The van der Waals surface area contributed by atoms with Gasteiger partial charge in [-0.2, -0.15) is 0 Å². The lowest BCUT2D eigenvalue weighted by atomic mass is 9.82. The Labute approximate surface area is 265 Å². The summed E-state index contributed by atoms with van der Waals surface area (Å²) in [6.07, 6.45) is 7.81. The standard InChI is InChI=1S/C37H43N3O5/c1-28(13-12-19-34(42)38(23-24-41)26-29-14-6-4-7-15-29)37(45)32-25-31(39-22-11-3-2-10-18-35(39)43)20-21-33(32)40(36(37)44)27-30-16-8-5-9-17-30/h4-9,12-17,20-21,25,28,41,45H,2-3,10-11,18-19,22-24,26-27H2,1H3/b13-12+/t28-,37+/m1/s1. The molecule has 0 aromatic heterocycles. The Morgan fingerprint density at radius 3 is 2.36 bits per heavy atom. The fourth-order valence-electron chi connectivity index (χ4n) is 6.32. The highest BCUT2D eigenvalue weighted by Crippen LogP contribution is 2.47. The SMILES string of the molecule is C[C@H](/C=C/CC(=O)N(CCO)Cc1ccccc1)[C@@]1(O)C(=O)N(Cc2ccccc2)c2ccc(N3CCCCCCC3=O)cc21. The summed E-state index contributed by atoms with van der Waals surface area (Å²) in [7, 11) is 0. The molecule has 2 aliphatic rings. The molecule has 0 saturated carbocycles. The number of amides is 3. The van der Waals surface area contributed by atoms with Crippen LogP contribution in [0.1, 0.15) is 62.1 Å². The van der Waals surface area contributed by atoms with Gasteiger partial charge >= 0.3 is 0 Å². The van der Waals surface area contributed by atoms with Gasteiger partial charge in [0.15, 0.2) is 5.60 Å². The molecule has 0 aliphatic carbocycles. The van der Waals surface area contributed by atoms with Crippen LogP contribution in [0, 0.1) is 5.92 Å². The van der Waals surface area contributed by atoms with E-state index in [1.807, 2.05) is 72.8 Å². The molecule has 2 heterocycles. The third kappa shape index (κ3) is 7.18. The summed E-state index contributed by atoms with van der Waals surface area (Å²) in [4.78, 5) is 45.3. The number of aliphatic hydroxyl groups excluding tert-OH is 1. The molecule has 45 heavy (non-hydrogen) atoms. The first kappa shape index (κ1) is 32.1. The minimum Gasteiger partial charge on any atom is -0.395 e. The Kier molecular flexibility index (Phi) is 10.5. The third-order valence-corrected chi connectivity index (χ3v) is 8.89. The molecule has 3 amide bonds. The van der Waals surface area contributed by atoms with Gasteiger partial charge in [0.2, 0.25) is 11.8 Å². The second kappa shape index (κ2) is 14.7. The maximum Gasteiger partial charge on any atom is 0.264 e. The van der Waals surface area contributed by atoms with Crippen molar-refractivity contribution in [3.63, 3.8) is 0 Å². The van der Waals surface area contributed by atoms with Crippen molar-refractivity contribution in [3.8, 4) is 0 Å². The third-order valence-electron chi connectivity index (χ3n) is 8.89. The van der Waals surface area contributed by atoms with E-state index < -0.39 is 17.4 Å². The van der Waals surface area contributed by atoms with Gasteiger partial charge in [-0.1, -0.05) is 92.6 Å². The van der Waals surface area contributed by atoms with Gasteiger partial charge in [0.05, 0.1) is 18.8 Å². The van der Waals surface area contributed by atoms with E-state index >= 15 is 0 Å². The Morgan fingerprint density at radius 2 is 1.64 bits per heavy atom. The van der Waals surface area contributed by atoms with Gasteiger partial charge in [-0.3, -0.25) is 14.4 Å². The van der Waals surface area contributed by atoms with Crippen molar-refractivity contribution in [3.05, 3.63) is 108 Å². The zero-order valence-electron chi connectivity index (χ0n) is 26.0. The second-order valence-corrected chi connectivity index (χ2v) is 12.0. The van der Waals surface area contributed by atoms with Crippen molar-refractivity contribution in [2.24, 2.45) is 5.92 Å². The average molecular weight is 610 g/mol.